The van der Waals surface area contributed by atoms with Crippen molar-refractivity contribution in [2.75, 3.05) is 7.05 Å². The molecule has 0 saturated heterocycles. The van der Waals surface area contributed by atoms with Crippen LogP contribution in [0, 0.1) is 5.92 Å². The third kappa shape index (κ3) is 2.64. The van der Waals surface area contributed by atoms with Gasteiger partial charge in [0.25, 0.3) is 10.1 Å². The molecule has 2 N–H and O–H groups in total. The third-order valence-electron chi connectivity index (χ3n) is 1.21. The minimum Gasteiger partial charge on any atom is -0.302 e. The minimum absolute atomic E-state index is 0.125. The van der Waals surface area contributed by atoms with Crippen molar-refractivity contribution in [1.29, 1.82) is 0 Å². The summed E-state index contributed by atoms with van der Waals surface area (Å²) in [4.78, 5) is 0. The molecule has 1 atom stereocenters. The van der Waals surface area contributed by atoms with E-state index >= 15 is 0 Å². The molecule has 0 aliphatic carbocycles. The predicted molar refractivity (Wildman–Crippen MR) is 39.2 cm³/mol. The highest BCUT2D eigenvalue weighted by Gasteiger charge is 2.23. The highest BCUT2D eigenvalue weighted by molar-refractivity contribution is 7.86. The van der Waals surface area contributed by atoms with E-state index in [9.17, 15) is 8.42 Å². The van der Waals surface area contributed by atoms with Crippen LogP contribution in [0.25, 0.3) is 0 Å². The first kappa shape index (κ1) is 9.87. The Balaban J connectivity index is 4.38. The molecule has 0 aromatic heterocycles. The zero-order chi connectivity index (χ0) is 8.36. The van der Waals surface area contributed by atoms with E-state index in [1.165, 1.54) is 7.05 Å². The van der Waals surface area contributed by atoms with E-state index < -0.39 is 15.5 Å². The number of nitrogens with one attached hydrogen (secondary N) is 1. The lowest BCUT2D eigenvalue weighted by atomic mass is 10.2. The van der Waals surface area contributed by atoms with Gasteiger partial charge in [0.05, 0.1) is 0 Å². The van der Waals surface area contributed by atoms with Crippen molar-refractivity contribution in [1.82, 2.24) is 5.32 Å². The highest BCUT2D eigenvalue weighted by Crippen LogP contribution is 2.06. The van der Waals surface area contributed by atoms with E-state index in [0.717, 1.165) is 0 Å². The molecule has 10 heavy (non-hydrogen) atoms. The second-order valence-electron chi connectivity index (χ2n) is 2.47. The van der Waals surface area contributed by atoms with Crippen LogP contribution in [-0.4, -0.2) is 25.4 Å². The molecular weight excluding hydrogens is 154 g/mol. The summed E-state index contributed by atoms with van der Waals surface area (Å²) in [7, 11) is -2.43. The fourth-order valence-corrected chi connectivity index (χ4v) is 1.81. The average Bonchev–Trinajstić information content (AvgIpc) is 1.60. The van der Waals surface area contributed by atoms with Gasteiger partial charge in [0.2, 0.25) is 0 Å². The molecule has 0 aliphatic heterocycles. The molecule has 4 nitrogen and oxygen atoms in total. The molecule has 0 spiro atoms. The first-order valence-electron chi connectivity index (χ1n) is 3.03. The van der Waals surface area contributed by atoms with E-state index in [1.54, 1.807) is 13.8 Å². The normalized spacial score (nSPS) is 15.7. The van der Waals surface area contributed by atoms with Gasteiger partial charge in [-0.1, -0.05) is 13.8 Å². The molecule has 0 radical (unpaired) electrons. The molecule has 62 valence electrons. The Morgan fingerprint density at radius 3 is 1.80 bits per heavy atom. The zero-order valence-electron chi connectivity index (χ0n) is 6.33. The van der Waals surface area contributed by atoms with Gasteiger partial charge >= 0.3 is 0 Å². The van der Waals surface area contributed by atoms with Gasteiger partial charge in [0.15, 0.2) is 0 Å². The fourth-order valence-electron chi connectivity index (χ4n) is 0.826. The average molecular weight is 167 g/mol. The number of hydrogen-bond donors (Lipinski definition) is 2. The van der Waals surface area contributed by atoms with E-state index in [1.807, 2.05) is 0 Å². The van der Waals surface area contributed by atoms with E-state index in [-0.39, 0.29) is 5.92 Å². The monoisotopic (exact) mass is 167 g/mol. The van der Waals surface area contributed by atoms with E-state index in [4.69, 9.17) is 4.55 Å². The van der Waals surface area contributed by atoms with Crippen LogP contribution < -0.4 is 5.32 Å². The molecule has 1 unspecified atom stereocenters. The topological polar surface area (TPSA) is 66.4 Å². The summed E-state index contributed by atoms with van der Waals surface area (Å²) in [5.74, 6) is -0.125. The van der Waals surface area contributed by atoms with Crippen LogP contribution >= 0.6 is 0 Å². The molecule has 0 bridgehead atoms. The third-order valence-corrected chi connectivity index (χ3v) is 2.63. The van der Waals surface area contributed by atoms with Crippen LogP contribution in [0.2, 0.25) is 0 Å². The van der Waals surface area contributed by atoms with Gasteiger partial charge in [-0.05, 0) is 13.0 Å². The number of hydrogen-bond acceptors (Lipinski definition) is 3. The zero-order valence-corrected chi connectivity index (χ0v) is 7.14. The Hall–Kier alpha value is -0.130. The maximum absolute atomic E-state index is 10.5. The summed E-state index contributed by atoms with van der Waals surface area (Å²) in [6.07, 6.45) is 0. The summed E-state index contributed by atoms with van der Waals surface area (Å²) in [5.41, 5.74) is 0. The molecule has 0 aromatic rings. The summed E-state index contributed by atoms with van der Waals surface area (Å²) in [6.45, 7) is 3.43. The summed E-state index contributed by atoms with van der Waals surface area (Å²) < 4.78 is 29.6. The Kier molecular flexibility index (Phi) is 3.27. The van der Waals surface area contributed by atoms with Gasteiger partial charge in [-0.15, -0.1) is 0 Å². The Morgan fingerprint density at radius 1 is 1.40 bits per heavy atom. The van der Waals surface area contributed by atoms with Gasteiger partial charge in [-0.3, -0.25) is 4.55 Å². The van der Waals surface area contributed by atoms with Gasteiger partial charge in [-0.2, -0.15) is 8.42 Å². The first-order chi connectivity index (χ1) is 4.39. The summed E-state index contributed by atoms with van der Waals surface area (Å²) >= 11 is 0. The van der Waals surface area contributed by atoms with Crippen molar-refractivity contribution >= 4 is 10.1 Å². The molecule has 0 amide bonds. The molecule has 0 aliphatic rings. The Labute approximate surface area is 61.4 Å². The van der Waals surface area contributed by atoms with Crippen LogP contribution in [0.1, 0.15) is 13.8 Å². The van der Waals surface area contributed by atoms with Crippen LogP contribution in [0.3, 0.4) is 0 Å². The molecule has 0 fully saturated rings. The van der Waals surface area contributed by atoms with Crippen molar-refractivity contribution in [2.24, 2.45) is 5.92 Å². The van der Waals surface area contributed by atoms with Crippen LogP contribution in [0.15, 0.2) is 0 Å². The van der Waals surface area contributed by atoms with Crippen molar-refractivity contribution in [3.63, 3.8) is 0 Å². The lowest BCUT2D eigenvalue weighted by Crippen LogP contribution is -2.38. The van der Waals surface area contributed by atoms with Crippen molar-refractivity contribution in [3.8, 4) is 0 Å². The standard InChI is InChI=1S/C5H13NO3S/c1-4(2)5(6-3)10(7,8)9/h4-6H,1-3H3,(H,7,8,9). The van der Waals surface area contributed by atoms with Crippen molar-refractivity contribution in [3.05, 3.63) is 0 Å². The van der Waals surface area contributed by atoms with Crippen LogP contribution in [0.4, 0.5) is 0 Å². The Bertz CT molecular complexity index is 185. The van der Waals surface area contributed by atoms with Gasteiger partial charge in [0, 0.05) is 0 Å². The molecular formula is C5H13NO3S. The van der Waals surface area contributed by atoms with Gasteiger partial charge in [0.1, 0.15) is 5.37 Å². The maximum Gasteiger partial charge on any atom is 0.281 e. The minimum atomic E-state index is -3.93. The van der Waals surface area contributed by atoms with Crippen LogP contribution in [-0.2, 0) is 10.1 Å². The molecule has 0 heterocycles. The molecule has 0 saturated carbocycles. The van der Waals surface area contributed by atoms with Crippen molar-refractivity contribution < 1.29 is 13.0 Å². The Morgan fingerprint density at radius 2 is 1.80 bits per heavy atom. The lowest BCUT2D eigenvalue weighted by molar-refractivity contribution is 0.423. The quantitative estimate of drug-likeness (QED) is 0.584. The van der Waals surface area contributed by atoms with E-state index in [0.29, 0.717) is 0 Å². The summed E-state index contributed by atoms with van der Waals surface area (Å²) in [6, 6.07) is 0. The summed E-state index contributed by atoms with van der Waals surface area (Å²) in [5, 5.41) is 1.65. The lowest BCUT2D eigenvalue weighted by Gasteiger charge is -2.15. The molecule has 0 rings (SSSR count). The largest absolute Gasteiger partial charge is 0.302 e. The molecule has 5 heteroatoms. The van der Waals surface area contributed by atoms with Crippen LogP contribution in [0.5, 0.6) is 0 Å². The van der Waals surface area contributed by atoms with Gasteiger partial charge in [-0.25, -0.2) is 0 Å². The number of rotatable bonds is 3. The second kappa shape index (κ2) is 3.32. The predicted octanol–water partition coefficient (Wildman–Crippen LogP) is 0.0757. The van der Waals surface area contributed by atoms with Crippen molar-refractivity contribution in [2.45, 2.75) is 19.2 Å². The highest BCUT2D eigenvalue weighted by atomic mass is 32.2. The fraction of sp³-hybridized carbons (Fsp3) is 1.00. The van der Waals surface area contributed by atoms with Gasteiger partial charge < -0.3 is 5.32 Å². The van der Waals surface area contributed by atoms with E-state index in [2.05, 4.69) is 5.32 Å². The first-order valence-corrected chi connectivity index (χ1v) is 4.53. The molecule has 0 aromatic carbocycles. The maximum atomic E-state index is 10.5. The smallest absolute Gasteiger partial charge is 0.281 e. The SMILES string of the molecule is CNC(C(C)C)S(=O)(=O)O. The second-order valence-corrected chi connectivity index (χ2v) is 4.01.